The molecule has 1 aliphatic rings. The van der Waals surface area contributed by atoms with Crippen LogP contribution in [0.25, 0.3) is 11.0 Å². The summed E-state index contributed by atoms with van der Waals surface area (Å²) in [6.45, 7) is 1.11. The maximum Gasteiger partial charge on any atom is 0.239 e. The molecule has 2 atom stereocenters. The van der Waals surface area contributed by atoms with Crippen LogP contribution in [0.4, 0.5) is 0 Å². The molecule has 4 N–H and O–H groups in total. The minimum Gasteiger partial charge on any atom is -0.350 e. The SMILES string of the molecule is O=C(CNC(=O)[C@H]1C[C@H](c2ccccc2)CN1)NCc1cnc2[nH]ccc2c1. The quantitative estimate of drug-likeness (QED) is 0.522. The maximum atomic E-state index is 12.4. The number of pyridine rings is 1. The molecule has 7 nitrogen and oxygen atoms in total. The van der Waals surface area contributed by atoms with Gasteiger partial charge in [0.05, 0.1) is 12.6 Å². The Bertz CT molecular complexity index is 969. The van der Waals surface area contributed by atoms with Gasteiger partial charge in [-0.3, -0.25) is 9.59 Å². The summed E-state index contributed by atoms with van der Waals surface area (Å²) in [6, 6.07) is 13.8. The molecular weight excluding hydrogens is 354 g/mol. The lowest BCUT2D eigenvalue weighted by Crippen LogP contribution is -2.44. The molecule has 2 aromatic heterocycles. The van der Waals surface area contributed by atoms with Crippen LogP contribution in [0.2, 0.25) is 0 Å². The lowest BCUT2D eigenvalue weighted by Gasteiger charge is -2.12. The second kappa shape index (κ2) is 8.22. The minimum absolute atomic E-state index is 0.0349. The van der Waals surface area contributed by atoms with Gasteiger partial charge in [0.1, 0.15) is 5.65 Å². The normalized spacial score (nSPS) is 18.9. The van der Waals surface area contributed by atoms with Crippen molar-refractivity contribution < 1.29 is 9.59 Å². The van der Waals surface area contributed by atoms with Gasteiger partial charge in [-0.25, -0.2) is 4.98 Å². The summed E-state index contributed by atoms with van der Waals surface area (Å²) in [7, 11) is 0. The van der Waals surface area contributed by atoms with Crippen LogP contribution >= 0.6 is 0 Å². The van der Waals surface area contributed by atoms with E-state index in [1.165, 1.54) is 5.56 Å². The molecule has 7 heteroatoms. The topological polar surface area (TPSA) is 98.9 Å². The summed E-state index contributed by atoms with van der Waals surface area (Å²) in [5.41, 5.74) is 2.96. The van der Waals surface area contributed by atoms with Crippen LogP contribution in [-0.4, -0.2) is 40.9 Å². The minimum atomic E-state index is -0.266. The van der Waals surface area contributed by atoms with Gasteiger partial charge in [-0.1, -0.05) is 30.3 Å². The third-order valence-electron chi connectivity index (χ3n) is 5.09. The molecule has 1 aromatic carbocycles. The van der Waals surface area contributed by atoms with E-state index in [0.717, 1.165) is 29.6 Å². The highest BCUT2D eigenvalue weighted by Gasteiger charge is 2.30. The molecule has 0 radical (unpaired) electrons. The zero-order valence-electron chi connectivity index (χ0n) is 15.4. The van der Waals surface area contributed by atoms with E-state index in [0.29, 0.717) is 12.5 Å². The second-order valence-corrected chi connectivity index (χ2v) is 7.06. The van der Waals surface area contributed by atoms with E-state index in [2.05, 4.69) is 38.1 Å². The molecular formula is C21H23N5O2. The number of rotatable bonds is 6. The predicted octanol–water partition coefficient (Wildman–Crippen LogP) is 1.44. The zero-order chi connectivity index (χ0) is 19.3. The van der Waals surface area contributed by atoms with Crippen LogP contribution in [-0.2, 0) is 16.1 Å². The monoisotopic (exact) mass is 377 g/mol. The van der Waals surface area contributed by atoms with Crippen LogP contribution in [0.3, 0.4) is 0 Å². The number of hydrogen-bond donors (Lipinski definition) is 4. The van der Waals surface area contributed by atoms with Crippen LogP contribution in [0.15, 0.2) is 54.9 Å². The summed E-state index contributed by atoms with van der Waals surface area (Å²) >= 11 is 0. The van der Waals surface area contributed by atoms with Crippen molar-refractivity contribution in [3.8, 4) is 0 Å². The zero-order valence-corrected chi connectivity index (χ0v) is 15.4. The first-order valence-electron chi connectivity index (χ1n) is 9.44. The average molecular weight is 377 g/mol. The van der Waals surface area contributed by atoms with Gasteiger partial charge in [-0.15, -0.1) is 0 Å². The standard InChI is InChI=1S/C21H23N5O2/c27-19(24-10-14-8-16-6-7-22-20(16)25-11-14)13-26-21(28)18-9-17(12-23-18)15-4-2-1-3-5-15/h1-8,11,17-18,23H,9-10,12-13H2,(H,22,25)(H,24,27)(H,26,28)/t17-,18+/m0/s1. The number of amides is 2. The van der Waals surface area contributed by atoms with E-state index in [9.17, 15) is 9.59 Å². The van der Waals surface area contributed by atoms with Gasteiger partial charge < -0.3 is 20.9 Å². The highest BCUT2D eigenvalue weighted by atomic mass is 16.2. The molecule has 1 saturated heterocycles. The number of benzene rings is 1. The van der Waals surface area contributed by atoms with E-state index in [1.807, 2.05) is 36.5 Å². The van der Waals surface area contributed by atoms with Crippen molar-refractivity contribution in [1.82, 2.24) is 25.9 Å². The number of aromatic amines is 1. The highest BCUT2D eigenvalue weighted by molar-refractivity contribution is 5.87. The first-order valence-corrected chi connectivity index (χ1v) is 9.44. The Kier molecular flexibility index (Phi) is 5.34. The predicted molar refractivity (Wildman–Crippen MR) is 107 cm³/mol. The average Bonchev–Trinajstić information content (AvgIpc) is 3.40. The Balaban J connectivity index is 1.21. The number of nitrogens with zero attached hydrogens (tertiary/aromatic N) is 1. The van der Waals surface area contributed by atoms with Crippen LogP contribution < -0.4 is 16.0 Å². The smallest absolute Gasteiger partial charge is 0.239 e. The maximum absolute atomic E-state index is 12.4. The summed E-state index contributed by atoms with van der Waals surface area (Å²) in [6.07, 6.45) is 4.29. The summed E-state index contributed by atoms with van der Waals surface area (Å²) in [5, 5.41) is 9.78. The van der Waals surface area contributed by atoms with Crippen LogP contribution in [0.5, 0.6) is 0 Å². The highest BCUT2D eigenvalue weighted by Crippen LogP contribution is 2.25. The first kappa shape index (κ1) is 18.2. The molecule has 4 rings (SSSR count). The van der Waals surface area contributed by atoms with Gasteiger partial charge in [0, 0.05) is 30.9 Å². The Morgan fingerprint density at radius 1 is 1.14 bits per heavy atom. The Hall–Kier alpha value is -3.19. The molecule has 2 amide bonds. The fourth-order valence-corrected chi connectivity index (χ4v) is 3.55. The number of H-pyrrole nitrogens is 1. The van der Waals surface area contributed by atoms with Gasteiger partial charge in [-0.05, 0) is 35.6 Å². The lowest BCUT2D eigenvalue weighted by atomic mass is 9.96. The molecule has 144 valence electrons. The van der Waals surface area contributed by atoms with Gasteiger partial charge in [-0.2, -0.15) is 0 Å². The number of nitrogens with one attached hydrogen (secondary N) is 4. The molecule has 0 spiro atoms. The van der Waals surface area contributed by atoms with Gasteiger partial charge in [0.15, 0.2) is 0 Å². The van der Waals surface area contributed by atoms with Gasteiger partial charge in [0.2, 0.25) is 11.8 Å². The van der Waals surface area contributed by atoms with Crippen LogP contribution in [0.1, 0.15) is 23.5 Å². The molecule has 1 fully saturated rings. The fourth-order valence-electron chi connectivity index (χ4n) is 3.55. The molecule has 3 heterocycles. The molecule has 0 bridgehead atoms. The largest absolute Gasteiger partial charge is 0.350 e. The number of fused-ring (bicyclic) bond motifs is 1. The van der Waals surface area contributed by atoms with Crippen molar-refractivity contribution in [3.63, 3.8) is 0 Å². The Morgan fingerprint density at radius 3 is 2.86 bits per heavy atom. The van der Waals surface area contributed by atoms with Crippen molar-refractivity contribution >= 4 is 22.8 Å². The molecule has 28 heavy (non-hydrogen) atoms. The van der Waals surface area contributed by atoms with E-state index in [1.54, 1.807) is 6.20 Å². The molecule has 1 aliphatic heterocycles. The van der Waals surface area contributed by atoms with Crippen molar-refractivity contribution in [3.05, 3.63) is 66.0 Å². The third kappa shape index (κ3) is 4.20. The van der Waals surface area contributed by atoms with E-state index in [-0.39, 0.29) is 24.4 Å². The Morgan fingerprint density at radius 2 is 2.00 bits per heavy atom. The fraction of sp³-hybridized carbons (Fsp3) is 0.286. The van der Waals surface area contributed by atoms with Gasteiger partial charge >= 0.3 is 0 Å². The number of aromatic nitrogens is 2. The van der Waals surface area contributed by atoms with Gasteiger partial charge in [0.25, 0.3) is 0 Å². The Labute approximate surface area is 162 Å². The van der Waals surface area contributed by atoms with Crippen molar-refractivity contribution in [2.45, 2.75) is 24.9 Å². The second-order valence-electron chi connectivity index (χ2n) is 7.06. The first-order chi connectivity index (χ1) is 13.7. The lowest BCUT2D eigenvalue weighted by molar-refractivity contribution is -0.127. The summed E-state index contributed by atoms with van der Waals surface area (Å²) in [4.78, 5) is 31.7. The number of hydrogen-bond acceptors (Lipinski definition) is 4. The van der Waals surface area contributed by atoms with Crippen molar-refractivity contribution in [1.29, 1.82) is 0 Å². The third-order valence-corrected chi connectivity index (χ3v) is 5.09. The van der Waals surface area contributed by atoms with E-state index >= 15 is 0 Å². The number of carbonyl (C=O) groups excluding carboxylic acids is 2. The molecule has 0 aliphatic carbocycles. The van der Waals surface area contributed by atoms with E-state index < -0.39 is 0 Å². The summed E-state index contributed by atoms with van der Waals surface area (Å²) in [5.74, 6) is -0.0364. The molecule has 0 saturated carbocycles. The molecule has 3 aromatic rings. The molecule has 0 unspecified atom stereocenters. The summed E-state index contributed by atoms with van der Waals surface area (Å²) < 4.78 is 0. The van der Waals surface area contributed by atoms with Crippen molar-refractivity contribution in [2.75, 3.05) is 13.1 Å². The van der Waals surface area contributed by atoms with Crippen molar-refractivity contribution in [2.24, 2.45) is 0 Å². The number of carbonyl (C=O) groups is 2. The van der Waals surface area contributed by atoms with E-state index in [4.69, 9.17) is 0 Å². The van der Waals surface area contributed by atoms with Crippen LogP contribution in [0, 0.1) is 0 Å².